The van der Waals surface area contributed by atoms with Crippen molar-refractivity contribution in [2.45, 2.75) is 17.9 Å². The van der Waals surface area contributed by atoms with E-state index in [2.05, 4.69) is 5.32 Å². The normalized spacial score (nSPS) is 16.4. The van der Waals surface area contributed by atoms with E-state index in [4.69, 9.17) is 9.47 Å². The summed E-state index contributed by atoms with van der Waals surface area (Å²) in [5.41, 5.74) is 0.453. The van der Waals surface area contributed by atoms with Crippen molar-refractivity contribution in [1.29, 1.82) is 0 Å². The first-order chi connectivity index (χ1) is 13.4. The molecule has 7 nitrogen and oxygen atoms in total. The predicted octanol–water partition coefficient (Wildman–Crippen LogP) is 2.25. The first-order valence-electron chi connectivity index (χ1n) is 8.77. The van der Waals surface area contributed by atoms with Gasteiger partial charge in [0.25, 0.3) is 5.91 Å². The van der Waals surface area contributed by atoms with Crippen molar-refractivity contribution in [2.75, 3.05) is 31.6 Å². The van der Waals surface area contributed by atoms with Crippen molar-refractivity contribution in [3.63, 3.8) is 0 Å². The summed E-state index contributed by atoms with van der Waals surface area (Å²) in [5.74, 6) is -0.436. The summed E-state index contributed by atoms with van der Waals surface area (Å²) in [6.45, 7) is 2.96. The number of nitrogens with one attached hydrogen (secondary N) is 1. The molecule has 1 N–H and O–H groups in total. The van der Waals surface area contributed by atoms with Gasteiger partial charge in [0.2, 0.25) is 10.0 Å². The van der Waals surface area contributed by atoms with Crippen molar-refractivity contribution < 1.29 is 27.1 Å². The molecule has 0 unspecified atom stereocenters. The molecule has 150 valence electrons. The van der Waals surface area contributed by atoms with Gasteiger partial charge in [0.1, 0.15) is 11.6 Å². The molecule has 1 saturated heterocycles. The number of nitrogens with zero attached hydrogens (tertiary/aromatic N) is 1. The lowest BCUT2D eigenvalue weighted by Crippen LogP contribution is -2.40. The van der Waals surface area contributed by atoms with Crippen LogP contribution < -0.4 is 10.1 Å². The smallest absolute Gasteiger partial charge is 0.265 e. The maximum Gasteiger partial charge on any atom is 0.265 e. The van der Waals surface area contributed by atoms with E-state index in [-0.39, 0.29) is 4.90 Å². The summed E-state index contributed by atoms with van der Waals surface area (Å²) in [4.78, 5) is 12.3. The second-order valence-electron chi connectivity index (χ2n) is 6.24. The van der Waals surface area contributed by atoms with Crippen LogP contribution in [0.2, 0.25) is 0 Å². The Morgan fingerprint density at radius 3 is 2.32 bits per heavy atom. The number of anilines is 1. The van der Waals surface area contributed by atoms with E-state index in [1.807, 2.05) is 0 Å². The zero-order valence-electron chi connectivity index (χ0n) is 15.3. The molecule has 1 amide bonds. The van der Waals surface area contributed by atoms with Crippen LogP contribution in [0.3, 0.4) is 0 Å². The molecule has 3 rings (SSSR count). The molecule has 1 atom stereocenters. The molecule has 9 heteroatoms. The number of halogens is 1. The highest BCUT2D eigenvalue weighted by atomic mass is 32.2. The Morgan fingerprint density at radius 1 is 1.11 bits per heavy atom. The van der Waals surface area contributed by atoms with Gasteiger partial charge in [-0.2, -0.15) is 4.31 Å². The number of rotatable bonds is 6. The minimum absolute atomic E-state index is 0.158. The van der Waals surface area contributed by atoms with Crippen LogP contribution in [0.15, 0.2) is 53.4 Å². The van der Waals surface area contributed by atoms with Crippen LogP contribution in [0.5, 0.6) is 5.75 Å². The van der Waals surface area contributed by atoms with Crippen molar-refractivity contribution >= 4 is 21.6 Å². The third kappa shape index (κ3) is 4.86. The van der Waals surface area contributed by atoms with Crippen LogP contribution in [0.25, 0.3) is 0 Å². The first-order valence-corrected chi connectivity index (χ1v) is 10.2. The number of benzene rings is 2. The first kappa shape index (κ1) is 20.2. The van der Waals surface area contributed by atoms with Gasteiger partial charge >= 0.3 is 0 Å². The summed E-state index contributed by atoms with van der Waals surface area (Å²) in [7, 11) is -3.58. The molecule has 0 radical (unpaired) electrons. The molecule has 28 heavy (non-hydrogen) atoms. The Balaban J connectivity index is 1.61. The Labute approximate surface area is 163 Å². The second-order valence-corrected chi connectivity index (χ2v) is 8.18. The van der Waals surface area contributed by atoms with Crippen LogP contribution in [-0.2, 0) is 19.6 Å². The molecular formula is C19H21FN2O5S. The average molecular weight is 408 g/mol. The molecular weight excluding hydrogens is 387 g/mol. The van der Waals surface area contributed by atoms with E-state index in [0.29, 0.717) is 37.7 Å². The molecule has 0 spiro atoms. The monoisotopic (exact) mass is 408 g/mol. The predicted molar refractivity (Wildman–Crippen MR) is 101 cm³/mol. The summed E-state index contributed by atoms with van der Waals surface area (Å²) >= 11 is 0. The van der Waals surface area contributed by atoms with Gasteiger partial charge in [-0.15, -0.1) is 0 Å². The van der Waals surface area contributed by atoms with Crippen molar-refractivity contribution in [3.05, 3.63) is 54.3 Å². The van der Waals surface area contributed by atoms with Crippen LogP contribution in [-0.4, -0.2) is 51.0 Å². The average Bonchev–Trinajstić information content (AvgIpc) is 2.70. The minimum atomic E-state index is -3.58. The van der Waals surface area contributed by atoms with Crippen molar-refractivity contribution in [3.8, 4) is 5.75 Å². The molecule has 0 aromatic heterocycles. The quantitative estimate of drug-likeness (QED) is 0.793. The fourth-order valence-corrected chi connectivity index (χ4v) is 4.07. The molecule has 1 fully saturated rings. The lowest BCUT2D eigenvalue weighted by molar-refractivity contribution is -0.122. The highest BCUT2D eigenvalue weighted by Gasteiger charge is 2.26. The van der Waals surface area contributed by atoms with Gasteiger partial charge in [-0.25, -0.2) is 12.8 Å². The van der Waals surface area contributed by atoms with Gasteiger partial charge in [0.05, 0.1) is 18.1 Å². The van der Waals surface area contributed by atoms with Crippen LogP contribution in [0.1, 0.15) is 6.92 Å². The number of ether oxygens (including phenoxy) is 2. The zero-order valence-corrected chi connectivity index (χ0v) is 16.1. The topological polar surface area (TPSA) is 84.9 Å². The molecule has 1 heterocycles. The van der Waals surface area contributed by atoms with E-state index >= 15 is 0 Å². The largest absolute Gasteiger partial charge is 0.481 e. The van der Waals surface area contributed by atoms with E-state index in [1.165, 1.54) is 52.8 Å². The van der Waals surface area contributed by atoms with Gasteiger partial charge in [0, 0.05) is 18.8 Å². The molecule has 0 bridgehead atoms. The van der Waals surface area contributed by atoms with Crippen LogP contribution in [0, 0.1) is 5.82 Å². The number of carbonyl (C=O) groups is 1. The van der Waals surface area contributed by atoms with Gasteiger partial charge in [-0.1, -0.05) is 0 Å². The number of sulfonamides is 1. The molecule has 0 aliphatic carbocycles. The summed E-state index contributed by atoms with van der Waals surface area (Å²) in [5, 5.41) is 2.62. The summed E-state index contributed by atoms with van der Waals surface area (Å²) in [6.07, 6.45) is -0.827. The minimum Gasteiger partial charge on any atom is -0.481 e. The van der Waals surface area contributed by atoms with Gasteiger partial charge in [-0.05, 0) is 55.5 Å². The number of amides is 1. The fraction of sp³-hybridized carbons (Fsp3) is 0.316. The van der Waals surface area contributed by atoms with E-state index < -0.39 is 27.9 Å². The fourth-order valence-electron chi connectivity index (χ4n) is 2.66. The number of hydrogen-bond donors (Lipinski definition) is 1. The molecule has 0 saturated carbocycles. The zero-order chi connectivity index (χ0) is 20.1. The Hall–Kier alpha value is -2.49. The lowest BCUT2D eigenvalue weighted by atomic mass is 10.3. The maximum atomic E-state index is 12.9. The maximum absolute atomic E-state index is 12.9. The molecule has 2 aromatic rings. The summed E-state index contributed by atoms with van der Waals surface area (Å²) < 4.78 is 50.2. The van der Waals surface area contributed by atoms with Crippen LogP contribution in [0.4, 0.5) is 10.1 Å². The van der Waals surface area contributed by atoms with Gasteiger partial charge < -0.3 is 14.8 Å². The SMILES string of the molecule is C[C@H](Oc1ccc(S(=O)(=O)N2CCOCC2)cc1)C(=O)Nc1ccc(F)cc1. The second kappa shape index (κ2) is 8.68. The third-order valence-corrected chi connectivity index (χ3v) is 6.14. The highest BCUT2D eigenvalue weighted by Crippen LogP contribution is 2.21. The highest BCUT2D eigenvalue weighted by molar-refractivity contribution is 7.89. The summed E-state index contributed by atoms with van der Waals surface area (Å²) in [6, 6.07) is 11.3. The number of hydrogen-bond acceptors (Lipinski definition) is 5. The van der Waals surface area contributed by atoms with E-state index in [9.17, 15) is 17.6 Å². The van der Waals surface area contributed by atoms with Crippen LogP contribution >= 0.6 is 0 Å². The van der Waals surface area contributed by atoms with Crippen molar-refractivity contribution in [1.82, 2.24) is 4.31 Å². The Bertz CT molecular complexity index is 910. The van der Waals surface area contributed by atoms with Gasteiger partial charge in [-0.3, -0.25) is 4.79 Å². The van der Waals surface area contributed by atoms with E-state index in [1.54, 1.807) is 6.92 Å². The molecule has 2 aromatic carbocycles. The standard InChI is InChI=1S/C19H21FN2O5S/c1-14(19(23)21-16-4-2-15(20)3-5-16)27-17-6-8-18(9-7-17)28(24,25)22-10-12-26-13-11-22/h2-9,14H,10-13H2,1H3,(H,21,23)/t14-/m0/s1. The lowest BCUT2D eigenvalue weighted by Gasteiger charge is -2.26. The Kier molecular flexibility index (Phi) is 6.28. The molecule has 1 aliphatic rings. The van der Waals surface area contributed by atoms with E-state index in [0.717, 1.165) is 0 Å². The van der Waals surface area contributed by atoms with Gasteiger partial charge in [0.15, 0.2) is 6.10 Å². The third-order valence-electron chi connectivity index (χ3n) is 4.23. The Morgan fingerprint density at radius 2 is 1.71 bits per heavy atom. The number of carbonyl (C=O) groups excluding carboxylic acids is 1. The van der Waals surface area contributed by atoms with Crippen molar-refractivity contribution in [2.24, 2.45) is 0 Å². The number of morpholine rings is 1. The molecule has 1 aliphatic heterocycles.